The van der Waals surface area contributed by atoms with Crippen LogP contribution in [0.5, 0.6) is 0 Å². The van der Waals surface area contributed by atoms with E-state index in [2.05, 4.69) is 15.5 Å². The van der Waals surface area contributed by atoms with Crippen molar-refractivity contribution in [2.75, 3.05) is 6.54 Å². The quantitative estimate of drug-likeness (QED) is 0.120. The largest absolute Gasteiger partial charge is 0.294 e. The summed E-state index contributed by atoms with van der Waals surface area (Å²) in [5.41, 5.74) is 6.36. The highest BCUT2D eigenvalue weighted by atomic mass is 32.2. The number of hydrogen-bond acceptors (Lipinski definition) is 8. The third-order valence-corrected chi connectivity index (χ3v) is 7.54. The summed E-state index contributed by atoms with van der Waals surface area (Å²) in [6, 6.07) is 15.6. The van der Waals surface area contributed by atoms with E-state index in [9.17, 15) is 28.0 Å². The lowest BCUT2D eigenvalue weighted by atomic mass is 9.82. The number of hydroxylamine groups is 1. The number of aromatic nitrogens is 3. The van der Waals surface area contributed by atoms with Gasteiger partial charge in [0.2, 0.25) is 11.8 Å². The second kappa shape index (κ2) is 18.5. The second-order valence-electron chi connectivity index (χ2n) is 11.6. The van der Waals surface area contributed by atoms with Crippen molar-refractivity contribution in [3.63, 3.8) is 0 Å². The first-order chi connectivity index (χ1) is 21.7. The minimum absolute atomic E-state index is 0.0666. The molecule has 0 radical (unpaired) electrons. The zero-order chi connectivity index (χ0) is 34.3. The summed E-state index contributed by atoms with van der Waals surface area (Å²) in [5, 5.41) is 14.6. The summed E-state index contributed by atoms with van der Waals surface area (Å²) >= 11 is 0. The Balaban J connectivity index is 0.000000562. The van der Waals surface area contributed by atoms with Gasteiger partial charge in [-0.1, -0.05) is 87.9 Å². The topological polar surface area (TPSA) is 184 Å². The van der Waals surface area contributed by atoms with Crippen molar-refractivity contribution in [2.45, 2.75) is 58.9 Å². The number of rotatable bonds is 13. The molecule has 2 aromatic carbocycles. The first-order valence-electron chi connectivity index (χ1n) is 14.8. The lowest BCUT2D eigenvalue weighted by Crippen LogP contribution is -2.53. The lowest BCUT2D eigenvalue weighted by Gasteiger charge is -2.30. The van der Waals surface area contributed by atoms with Crippen molar-refractivity contribution >= 4 is 33.9 Å². The van der Waals surface area contributed by atoms with E-state index >= 15 is 0 Å². The second-order valence-corrected chi connectivity index (χ2v) is 13.0. The summed E-state index contributed by atoms with van der Waals surface area (Å²) in [4.78, 5) is 42.7. The van der Waals surface area contributed by atoms with Crippen LogP contribution in [0.4, 0.5) is 0 Å². The number of hydrogen-bond donors (Lipinski definition) is 4. The molecule has 2 atom stereocenters. The molecule has 0 saturated carbocycles. The Labute approximate surface area is 270 Å². The van der Waals surface area contributed by atoms with Crippen molar-refractivity contribution in [3.8, 4) is 0 Å². The molecule has 0 aliphatic carbocycles. The molecular formula is C32H44N6O7S. The average Bonchev–Trinajstić information content (AvgIpc) is 3.51. The van der Waals surface area contributed by atoms with Gasteiger partial charge in [0.1, 0.15) is 19.2 Å². The Kier molecular flexibility index (Phi) is 15.2. The van der Waals surface area contributed by atoms with Gasteiger partial charge in [0, 0.05) is 6.54 Å². The Morgan fingerprint density at radius 3 is 2.13 bits per heavy atom. The molecule has 0 spiro atoms. The van der Waals surface area contributed by atoms with Gasteiger partial charge in [0.25, 0.3) is 16.0 Å². The summed E-state index contributed by atoms with van der Waals surface area (Å²) in [6.07, 6.45) is 7.08. The molecule has 0 unspecified atom stereocenters. The fraction of sp³-hybridized carbons (Fsp3) is 0.406. The third-order valence-electron chi connectivity index (χ3n) is 6.67. The number of carbonyl (C=O) groups excluding carboxylic acids is 3. The fourth-order valence-corrected chi connectivity index (χ4v) is 4.93. The molecule has 46 heavy (non-hydrogen) atoms. The van der Waals surface area contributed by atoms with Gasteiger partial charge >= 0.3 is 0 Å². The summed E-state index contributed by atoms with van der Waals surface area (Å²) in [6.45, 7) is 9.83. The van der Waals surface area contributed by atoms with E-state index in [1.807, 2.05) is 77.1 Å². The van der Waals surface area contributed by atoms with Gasteiger partial charge in [-0.15, -0.1) is 0 Å². The Hall–Kier alpha value is -4.40. The summed E-state index contributed by atoms with van der Waals surface area (Å²) in [5.74, 6) is -2.86. The first kappa shape index (κ1) is 37.8. The summed E-state index contributed by atoms with van der Waals surface area (Å²) < 4.78 is 30.9. The van der Waals surface area contributed by atoms with Crippen LogP contribution in [0.1, 0.15) is 51.7 Å². The minimum atomic E-state index is -4.02. The van der Waals surface area contributed by atoms with E-state index in [0.717, 1.165) is 11.1 Å². The van der Waals surface area contributed by atoms with Gasteiger partial charge in [0.05, 0.1) is 16.7 Å². The smallest absolute Gasteiger partial charge is 0.289 e. The molecule has 250 valence electrons. The fourth-order valence-electron chi connectivity index (χ4n) is 4.45. The van der Waals surface area contributed by atoms with Crippen LogP contribution in [-0.2, 0) is 31.0 Å². The maximum atomic E-state index is 13.4. The molecule has 4 N–H and O–H groups in total. The van der Waals surface area contributed by atoms with E-state index in [1.54, 1.807) is 17.6 Å². The van der Waals surface area contributed by atoms with Gasteiger partial charge in [-0.05, 0) is 49.3 Å². The van der Waals surface area contributed by atoms with E-state index in [0.29, 0.717) is 13.0 Å². The van der Waals surface area contributed by atoms with Gasteiger partial charge < -0.3 is 0 Å². The van der Waals surface area contributed by atoms with Gasteiger partial charge in [-0.25, -0.2) is 15.1 Å². The maximum Gasteiger partial charge on any atom is 0.294 e. The number of carbonyl (C=O) groups is 3. The van der Waals surface area contributed by atoms with E-state index in [4.69, 9.17) is 4.55 Å². The van der Waals surface area contributed by atoms with E-state index < -0.39 is 33.8 Å². The van der Waals surface area contributed by atoms with Crippen LogP contribution >= 0.6 is 0 Å². The highest BCUT2D eigenvalue weighted by Crippen LogP contribution is 2.26. The molecule has 3 rings (SSSR count). The first-order valence-corrected chi connectivity index (χ1v) is 16.3. The lowest BCUT2D eigenvalue weighted by molar-refractivity contribution is -0.148. The maximum absolute atomic E-state index is 13.4. The zero-order valence-electron chi connectivity index (χ0n) is 26.8. The van der Waals surface area contributed by atoms with Gasteiger partial charge in [-0.3, -0.25) is 34.6 Å². The van der Waals surface area contributed by atoms with Crippen molar-refractivity contribution in [1.82, 2.24) is 30.7 Å². The van der Waals surface area contributed by atoms with Crippen LogP contribution in [0, 0.1) is 30.6 Å². The number of nitrogens with one attached hydrogen (secondary N) is 2. The number of benzene rings is 2. The van der Waals surface area contributed by atoms with Crippen LogP contribution < -0.4 is 10.9 Å². The van der Waals surface area contributed by atoms with Crippen molar-refractivity contribution < 1.29 is 32.6 Å². The molecule has 0 bridgehead atoms. The monoisotopic (exact) mass is 656 g/mol. The third kappa shape index (κ3) is 13.3. The molecule has 3 amide bonds. The predicted molar refractivity (Wildman–Crippen MR) is 172 cm³/mol. The summed E-state index contributed by atoms with van der Waals surface area (Å²) in [7, 11) is -4.02. The SMILES string of the molecule is CC(C)C[C@@H](C(=O)NN(CC(C)C)C(=O)Cn1cncn1)[C@H](C/C=C/c1ccccc1)C(=O)NO.Cc1ccc(S(=O)(=O)O)cc1. The highest BCUT2D eigenvalue weighted by Gasteiger charge is 2.35. The molecule has 14 heteroatoms. The molecule has 13 nitrogen and oxygen atoms in total. The normalized spacial score (nSPS) is 12.7. The molecule has 1 aromatic heterocycles. The van der Waals surface area contributed by atoms with Crippen molar-refractivity contribution in [1.29, 1.82) is 0 Å². The molecule has 0 saturated heterocycles. The molecule has 3 aromatic rings. The molecule has 0 fully saturated rings. The number of amides is 3. The zero-order valence-corrected chi connectivity index (χ0v) is 27.6. The predicted octanol–water partition coefficient (Wildman–Crippen LogP) is 3.92. The molecular weight excluding hydrogens is 612 g/mol. The Morgan fingerprint density at radius 1 is 0.957 bits per heavy atom. The Morgan fingerprint density at radius 2 is 1.61 bits per heavy atom. The minimum Gasteiger partial charge on any atom is -0.289 e. The number of nitrogens with zero attached hydrogens (tertiary/aromatic N) is 4. The van der Waals surface area contributed by atoms with Crippen molar-refractivity contribution in [2.24, 2.45) is 23.7 Å². The van der Waals surface area contributed by atoms with Gasteiger partial charge in [-0.2, -0.15) is 13.5 Å². The average molecular weight is 657 g/mol. The number of allylic oxidation sites excluding steroid dienone is 1. The molecule has 0 aliphatic rings. The van der Waals surface area contributed by atoms with E-state index in [-0.39, 0.29) is 35.6 Å². The van der Waals surface area contributed by atoms with E-state index in [1.165, 1.54) is 34.5 Å². The van der Waals surface area contributed by atoms with Crippen LogP contribution in [0.3, 0.4) is 0 Å². The molecule has 0 aliphatic heterocycles. The standard InChI is InChI=1S/C25H36N6O4.C7H8O3S/c1-18(2)13-22(21(25(34)29-35)12-8-11-20-9-6-5-7-10-20)24(33)28-31(14-19(3)4)23(32)15-30-17-26-16-27-30;1-6-2-4-7(5-3-6)11(8,9)10/h5-11,16-19,21-22,35H,12-15H2,1-4H3,(H,28,33)(H,29,34);2-5H,1H3,(H,8,9,10)/b11-8+;/t21-,22+;/m0./s1. The Bertz CT molecular complexity index is 1510. The van der Waals surface area contributed by atoms with Gasteiger partial charge in [0.15, 0.2) is 0 Å². The number of aryl methyl sites for hydroxylation is 1. The van der Waals surface area contributed by atoms with Crippen LogP contribution in [0.15, 0.2) is 78.2 Å². The molecule has 1 heterocycles. The number of hydrazine groups is 1. The highest BCUT2D eigenvalue weighted by molar-refractivity contribution is 7.85. The van der Waals surface area contributed by atoms with Crippen LogP contribution in [0.25, 0.3) is 6.08 Å². The van der Waals surface area contributed by atoms with Crippen LogP contribution in [-0.4, -0.2) is 62.2 Å². The van der Waals surface area contributed by atoms with Crippen LogP contribution in [0.2, 0.25) is 0 Å². The van der Waals surface area contributed by atoms with Crippen molar-refractivity contribution in [3.05, 3.63) is 84.5 Å².